The Kier molecular flexibility index (Phi) is 7.82. The Bertz CT molecular complexity index is 3210. The van der Waals surface area contributed by atoms with Crippen molar-refractivity contribution < 1.29 is 8.83 Å². The Balaban J connectivity index is 1.05. The molecule has 9 aromatic carbocycles. The van der Waals surface area contributed by atoms with E-state index >= 15 is 0 Å². The summed E-state index contributed by atoms with van der Waals surface area (Å²) in [5.41, 5.74) is 15.7. The normalized spacial score (nSPS) is 11.5. The number of nitrogens with zero attached hydrogens (tertiary/aromatic N) is 1. The highest BCUT2D eigenvalue weighted by atomic mass is 16.3. The molecule has 11 aromatic rings. The van der Waals surface area contributed by atoms with E-state index in [9.17, 15) is 0 Å². The fourth-order valence-electron chi connectivity index (χ4n) is 8.36. The molecule has 268 valence electrons. The summed E-state index contributed by atoms with van der Waals surface area (Å²) >= 11 is 0. The Morgan fingerprint density at radius 3 is 1.47 bits per heavy atom. The number of para-hydroxylation sites is 3. The monoisotopic (exact) mass is 729 g/mol. The highest BCUT2D eigenvalue weighted by Gasteiger charge is 2.21. The number of anilines is 3. The van der Waals surface area contributed by atoms with Gasteiger partial charge in [0.1, 0.15) is 16.7 Å². The van der Waals surface area contributed by atoms with E-state index in [0.29, 0.717) is 0 Å². The first-order valence-corrected chi connectivity index (χ1v) is 19.3. The van der Waals surface area contributed by atoms with Gasteiger partial charge in [-0.3, -0.25) is 0 Å². The molecule has 11 rings (SSSR count). The molecule has 0 aliphatic carbocycles. The molecule has 3 heteroatoms. The third kappa shape index (κ3) is 5.68. The van der Waals surface area contributed by atoms with Crippen LogP contribution in [0, 0.1) is 0 Å². The van der Waals surface area contributed by atoms with Gasteiger partial charge in [0.05, 0.1) is 5.69 Å². The van der Waals surface area contributed by atoms with Gasteiger partial charge in [-0.15, -0.1) is 0 Å². The number of hydrogen-bond acceptors (Lipinski definition) is 3. The highest BCUT2D eigenvalue weighted by molar-refractivity contribution is 6.13. The minimum atomic E-state index is 0.841. The summed E-state index contributed by atoms with van der Waals surface area (Å²) in [4.78, 5) is 2.31. The molecule has 0 aliphatic rings. The van der Waals surface area contributed by atoms with Crippen LogP contribution < -0.4 is 4.90 Å². The third-order valence-corrected chi connectivity index (χ3v) is 11.1. The lowest BCUT2D eigenvalue weighted by atomic mass is 9.94. The van der Waals surface area contributed by atoms with Crippen LogP contribution in [0.2, 0.25) is 0 Å². The summed E-state index contributed by atoms with van der Waals surface area (Å²) in [7, 11) is 0. The van der Waals surface area contributed by atoms with E-state index in [4.69, 9.17) is 8.83 Å². The van der Waals surface area contributed by atoms with Gasteiger partial charge in [-0.2, -0.15) is 0 Å². The van der Waals surface area contributed by atoms with Gasteiger partial charge in [-0.25, -0.2) is 0 Å². The summed E-state index contributed by atoms with van der Waals surface area (Å²) in [5.74, 6) is 0. The lowest BCUT2D eigenvalue weighted by Gasteiger charge is -2.26. The maximum atomic E-state index is 6.96. The molecule has 0 saturated carbocycles. The van der Waals surface area contributed by atoms with E-state index in [0.717, 1.165) is 88.8 Å². The Morgan fingerprint density at radius 2 is 0.772 bits per heavy atom. The number of furan rings is 2. The maximum absolute atomic E-state index is 6.96. The van der Waals surface area contributed by atoms with Gasteiger partial charge in [0.15, 0.2) is 5.58 Å². The summed E-state index contributed by atoms with van der Waals surface area (Å²) in [6.45, 7) is 0. The van der Waals surface area contributed by atoms with Crippen LogP contribution >= 0.6 is 0 Å². The molecule has 0 bridgehead atoms. The summed E-state index contributed by atoms with van der Waals surface area (Å²) in [6.07, 6.45) is 0. The number of benzene rings is 9. The van der Waals surface area contributed by atoms with Crippen LogP contribution in [0.1, 0.15) is 0 Å². The van der Waals surface area contributed by atoms with Crippen LogP contribution in [-0.4, -0.2) is 0 Å². The molecule has 0 N–H and O–H groups in total. The van der Waals surface area contributed by atoms with Gasteiger partial charge >= 0.3 is 0 Å². The van der Waals surface area contributed by atoms with Crippen molar-refractivity contribution in [2.24, 2.45) is 0 Å². The van der Waals surface area contributed by atoms with Crippen molar-refractivity contribution in [3.05, 3.63) is 212 Å². The molecule has 0 atom stereocenters. The zero-order chi connectivity index (χ0) is 37.7. The third-order valence-electron chi connectivity index (χ3n) is 11.1. The van der Waals surface area contributed by atoms with Crippen LogP contribution in [0.3, 0.4) is 0 Å². The first-order chi connectivity index (χ1) is 28.3. The molecule has 0 unspecified atom stereocenters. The van der Waals surface area contributed by atoms with E-state index in [1.54, 1.807) is 0 Å². The molecule has 0 aliphatic heterocycles. The second-order valence-electron chi connectivity index (χ2n) is 14.5. The minimum absolute atomic E-state index is 0.841. The predicted molar refractivity (Wildman–Crippen MR) is 237 cm³/mol. The van der Waals surface area contributed by atoms with Gasteiger partial charge in [-0.05, 0) is 87.5 Å². The highest BCUT2D eigenvalue weighted by Crippen LogP contribution is 2.45. The van der Waals surface area contributed by atoms with Crippen molar-refractivity contribution in [1.29, 1.82) is 0 Å². The zero-order valence-corrected chi connectivity index (χ0v) is 31.0. The van der Waals surface area contributed by atoms with Gasteiger partial charge in [0.2, 0.25) is 0 Å². The van der Waals surface area contributed by atoms with E-state index in [1.807, 2.05) is 18.2 Å². The summed E-state index contributed by atoms with van der Waals surface area (Å²) < 4.78 is 13.2. The van der Waals surface area contributed by atoms with Crippen LogP contribution in [-0.2, 0) is 0 Å². The molecule has 2 heterocycles. The summed E-state index contributed by atoms with van der Waals surface area (Å²) in [6, 6.07) is 75.0. The molecular weight excluding hydrogens is 695 g/mol. The van der Waals surface area contributed by atoms with Gasteiger partial charge in [0.25, 0.3) is 0 Å². The van der Waals surface area contributed by atoms with Crippen LogP contribution in [0.4, 0.5) is 17.1 Å². The molecule has 57 heavy (non-hydrogen) atoms. The summed E-state index contributed by atoms with van der Waals surface area (Å²) in [5, 5.41) is 4.43. The molecule has 0 fully saturated rings. The van der Waals surface area contributed by atoms with Crippen LogP contribution in [0.5, 0.6) is 0 Å². The second-order valence-corrected chi connectivity index (χ2v) is 14.5. The minimum Gasteiger partial charge on any atom is -0.456 e. The fraction of sp³-hybridized carbons (Fsp3) is 0. The van der Waals surface area contributed by atoms with Crippen molar-refractivity contribution in [1.82, 2.24) is 0 Å². The van der Waals surface area contributed by atoms with Crippen molar-refractivity contribution in [2.75, 3.05) is 4.90 Å². The molecule has 0 radical (unpaired) electrons. The molecule has 0 amide bonds. The van der Waals surface area contributed by atoms with Gasteiger partial charge in [-0.1, -0.05) is 164 Å². The Morgan fingerprint density at radius 1 is 0.281 bits per heavy atom. The lowest BCUT2D eigenvalue weighted by Crippen LogP contribution is -2.10. The van der Waals surface area contributed by atoms with Gasteiger partial charge in [0, 0.05) is 38.5 Å². The molecule has 0 saturated heterocycles. The van der Waals surface area contributed by atoms with Crippen LogP contribution in [0.15, 0.2) is 221 Å². The largest absolute Gasteiger partial charge is 0.456 e. The van der Waals surface area contributed by atoms with Crippen molar-refractivity contribution in [3.63, 3.8) is 0 Å². The Hall–Kier alpha value is -7.62. The van der Waals surface area contributed by atoms with Crippen molar-refractivity contribution in [3.8, 4) is 44.5 Å². The predicted octanol–water partition coefficient (Wildman–Crippen LogP) is 15.6. The SMILES string of the molecule is c1ccc(-c2ccccc2-c2ccc(N(c3ccc(-c4ccc5c(c4)oc4ccccc45)cc3)c3cccc4c3oc3c(-c5ccccc5)cccc34)cc2)cc1. The number of hydrogen-bond donors (Lipinski definition) is 0. The van der Waals surface area contributed by atoms with E-state index in [-0.39, 0.29) is 0 Å². The van der Waals surface area contributed by atoms with Gasteiger partial charge < -0.3 is 13.7 Å². The average molecular weight is 730 g/mol. The number of fused-ring (bicyclic) bond motifs is 6. The quantitative estimate of drug-likeness (QED) is 0.164. The zero-order valence-electron chi connectivity index (χ0n) is 31.0. The standard InChI is InChI=1S/C54H35NO2/c1-3-13-37(14-4-1)43-17-7-8-18-44(43)39-27-32-42(33-28-39)55(41-30-25-36(26-31-41)40-29-34-47-46-19-9-10-24-51(46)56-52(47)35-40)50-23-12-22-49-48-21-11-20-45(53(48)57-54(49)50)38-15-5-2-6-16-38/h1-35H. The Labute approximate surface area is 330 Å². The lowest BCUT2D eigenvalue weighted by molar-refractivity contribution is 0.669. The fourth-order valence-corrected chi connectivity index (χ4v) is 8.36. The van der Waals surface area contributed by atoms with Crippen LogP contribution in [0.25, 0.3) is 88.4 Å². The first kappa shape index (κ1) is 32.8. The van der Waals surface area contributed by atoms with E-state index in [1.165, 1.54) is 16.7 Å². The average Bonchev–Trinajstić information content (AvgIpc) is 3.86. The van der Waals surface area contributed by atoms with Crippen molar-refractivity contribution >= 4 is 60.9 Å². The van der Waals surface area contributed by atoms with E-state index in [2.05, 4.69) is 199 Å². The topological polar surface area (TPSA) is 29.5 Å². The second kappa shape index (κ2) is 13.6. The van der Waals surface area contributed by atoms with E-state index < -0.39 is 0 Å². The molecule has 3 nitrogen and oxygen atoms in total. The number of rotatable bonds is 7. The maximum Gasteiger partial charge on any atom is 0.159 e. The molecule has 0 spiro atoms. The first-order valence-electron chi connectivity index (χ1n) is 19.3. The van der Waals surface area contributed by atoms with Crippen molar-refractivity contribution in [2.45, 2.75) is 0 Å². The molecular formula is C54H35NO2. The molecule has 2 aromatic heterocycles. The smallest absolute Gasteiger partial charge is 0.159 e.